The molecule has 1 N–H and O–H groups in total. The van der Waals surface area contributed by atoms with Gasteiger partial charge < -0.3 is 0 Å². The minimum absolute atomic E-state index is 0.176. The van der Waals surface area contributed by atoms with E-state index in [9.17, 15) is 4.79 Å². The monoisotopic (exact) mass is 210 g/mol. The fourth-order valence-electron chi connectivity index (χ4n) is 1.77. The van der Waals surface area contributed by atoms with Crippen LogP contribution in [0.3, 0.4) is 0 Å². The van der Waals surface area contributed by atoms with E-state index < -0.39 is 0 Å². The van der Waals surface area contributed by atoms with Gasteiger partial charge >= 0.3 is 0 Å². The van der Waals surface area contributed by atoms with Crippen molar-refractivity contribution in [3.8, 4) is 0 Å². The van der Waals surface area contributed by atoms with Crippen LogP contribution in [0.1, 0.15) is 44.9 Å². The maximum absolute atomic E-state index is 12.0. The van der Waals surface area contributed by atoms with Gasteiger partial charge in [0.05, 0.1) is 0 Å². The predicted molar refractivity (Wildman–Crippen MR) is 63.2 cm³/mol. The average Bonchev–Trinajstić information content (AvgIpc) is 2.42. The van der Waals surface area contributed by atoms with Crippen molar-refractivity contribution in [1.82, 2.24) is 9.78 Å². The molecule has 0 aromatic carbocycles. The second-order valence-electron chi connectivity index (χ2n) is 4.62. The van der Waals surface area contributed by atoms with E-state index in [4.69, 9.17) is 0 Å². The topological polar surface area (TPSA) is 37.8 Å². The molecule has 0 aliphatic carbocycles. The molecule has 0 spiro atoms. The molecule has 0 atom stereocenters. The Hall–Kier alpha value is -0.990. The SMILES string of the molecule is CCCCn1[nH]c(C)c(CC(C)C)c1=O. The standard InChI is InChI=1S/C12H22N2O/c1-5-6-7-14-12(15)11(8-9(2)3)10(4)13-14/h9,13H,5-8H2,1-4H3. The first-order valence-electron chi connectivity index (χ1n) is 5.84. The van der Waals surface area contributed by atoms with E-state index in [1.54, 1.807) is 4.68 Å². The summed E-state index contributed by atoms with van der Waals surface area (Å²) in [6.45, 7) is 9.22. The molecule has 0 radical (unpaired) electrons. The Morgan fingerprint density at radius 2 is 2.07 bits per heavy atom. The maximum Gasteiger partial charge on any atom is 0.269 e. The van der Waals surface area contributed by atoms with Crippen LogP contribution in [0.4, 0.5) is 0 Å². The minimum atomic E-state index is 0.176. The normalized spacial score (nSPS) is 11.3. The zero-order valence-corrected chi connectivity index (χ0v) is 10.3. The third-order valence-electron chi connectivity index (χ3n) is 2.61. The summed E-state index contributed by atoms with van der Waals surface area (Å²) >= 11 is 0. The van der Waals surface area contributed by atoms with E-state index in [0.717, 1.165) is 37.1 Å². The van der Waals surface area contributed by atoms with E-state index in [1.807, 2.05) is 6.92 Å². The number of H-pyrrole nitrogens is 1. The molecule has 1 aromatic heterocycles. The smallest absolute Gasteiger partial charge is 0.269 e. The minimum Gasteiger partial charge on any atom is -0.300 e. The Balaban J connectivity index is 2.88. The summed E-state index contributed by atoms with van der Waals surface area (Å²) in [6, 6.07) is 0. The summed E-state index contributed by atoms with van der Waals surface area (Å²) < 4.78 is 1.75. The number of rotatable bonds is 5. The Kier molecular flexibility index (Phi) is 4.18. The van der Waals surface area contributed by atoms with Gasteiger partial charge in [-0.15, -0.1) is 0 Å². The quantitative estimate of drug-likeness (QED) is 0.796. The van der Waals surface area contributed by atoms with E-state index >= 15 is 0 Å². The molecular weight excluding hydrogens is 188 g/mol. The lowest BCUT2D eigenvalue weighted by atomic mass is 10.0. The van der Waals surface area contributed by atoms with E-state index in [1.165, 1.54) is 0 Å². The molecule has 0 saturated heterocycles. The summed E-state index contributed by atoms with van der Waals surface area (Å²) in [7, 11) is 0. The summed E-state index contributed by atoms with van der Waals surface area (Å²) in [5.41, 5.74) is 2.17. The van der Waals surface area contributed by atoms with Crippen molar-refractivity contribution in [3.05, 3.63) is 21.6 Å². The van der Waals surface area contributed by atoms with Gasteiger partial charge in [-0.3, -0.25) is 14.6 Å². The summed E-state index contributed by atoms with van der Waals surface area (Å²) in [5.74, 6) is 0.534. The lowest BCUT2D eigenvalue weighted by Gasteiger charge is -2.00. The fraction of sp³-hybridized carbons (Fsp3) is 0.750. The molecule has 0 bridgehead atoms. The first kappa shape index (κ1) is 12.1. The average molecular weight is 210 g/mol. The highest BCUT2D eigenvalue weighted by Gasteiger charge is 2.11. The predicted octanol–water partition coefficient (Wildman–Crippen LogP) is 2.48. The Morgan fingerprint density at radius 1 is 1.40 bits per heavy atom. The lowest BCUT2D eigenvalue weighted by molar-refractivity contribution is 0.552. The van der Waals surface area contributed by atoms with Crippen LogP contribution >= 0.6 is 0 Å². The highest BCUT2D eigenvalue weighted by molar-refractivity contribution is 5.16. The van der Waals surface area contributed by atoms with Crippen LogP contribution in [0.5, 0.6) is 0 Å². The van der Waals surface area contributed by atoms with Crippen LogP contribution in [0, 0.1) is 12.8 Å². The molecule has 0 aliphatic rings. The Morgan fingerprint density at radius 3 is 2.60 bits per heavy atom. The number of hydrogen-bond donors (Lipinski definition) is 1. The van der Waals surface area contributed by atoms with Crippen molar-refractivity contribution >= 4 is 0 Å². The van der Waals surface area contributed by atoms with Gasteiger partial charge in [0.1, 0.15) is 0 Å². The van der Waals surface area contributed by atoms with Gasteiger partial charge in [0.2, 0.25) is 0 Å². The number of unbranched alkanes of at least 4 members (excludes halogenated alkanes) is 1. The summed E-state index contributed by atoms with van der Waals surface area (Å²) in [5, 5.41) is 3.16. The number of aromatic nitrogens is 2. The fourth-order valence-corrected chi connectivity index (χ4v) is 1.77. The number of aromatic amines is 1. The van der Waals surface area contributed by atoms with Gasteiger partial charge in [-0.25, -0.2) is 0 Å². The summed E-state index contributed by atoms with van der Waals surface area (Å²) in [6.07, 6.45) is 3.05. The summed E-state index contributed by atoms with van der Waals surface area (Å²) in [4.78, 5) is 12.0. The Bertz CT molecular complexity index is 360. The molecule has 86 valence electrons. The van der Waals surface area contributed by atoms with Crippen molar-refractivity contribution in [3.63, 3.8) is 0 Å². The Labute approximate surface area is 91.5 Å². The van der Waals surface area contributed by atoms with E-state index in [0.29, 0.717) is 5.92 Å². The number of nitrogens with zero attached hydrogens (tertiary/aromatic N) is 1. The zero-order valence-electron chi connectivity index (χ0n) is 10.3. The third-order valence-corrected chi connectivity index (χ3v) is 2.61. The zero-order chi connectivity index (χ0) is 11.4. The van der Waals surface area contributed by atoms with Crippen LogP contribution < -0.4 is 5.56 Å². The molecule has 1 aromatic rings. The van der Waals surface area contributed by atoms with Crippen molar-refractivity contribution in [2.24, 2.45) is 5.92 Å². The van der Waals surface area contributed by atoms with Crippen molar-refractivity contribution in [1.29, 1.82) is 0 Å². The first-order valence-corrected chi connectivity index (χ1v) is 5.84. The molecular formula is C12H22N2O. The van der Waals surface area contributed by atoms with Crippen LogP contribution in [0.15, 0.2) is 4.79 Å². The molecule has 3 nitrogen and oxygen atoms in total. The number of hydrogen-bond acceptors (Lipinski definition) is 1. The molecule has 1 heterocycles. The van der Waals surface area contributed by atoms with Crippen LogP contribution in [-0.2, 0) is 13.0 Å². The molecule has 1 rings (SSSR count). The van der Waals surface area contributed by atoms with Gasteiger partial charge in [-0.1, -0.05) is 27.2 Å². The molecule has 3 heteroatoms. The van der Waals surface area contributed by atoms with Crippen LogP contribution in [0.2, 0.25) is 0 Å². The molecule has 0 amide bonds. The van der Waals surface area contributed by atoms with E-state index in [2.05, 4.69) is 25.9 Å². The van der Waals surface area contributed by atoms with Crippen LogP contribution in [0.25, 0.3) is 0 Å². The number of nitrogens with one attached hydrogen (secondary N) is 1. The molecule has 0 saturated carbocycles. The van der Waals surface area contributed by atoms with E-state index in [-0.39, 0.29) is 5.56 Å². The molecule has 0 aliphatic heterocycles. The first-order chi connectivity index (χ1) is 7.06. The maximum atomic E-state index is 12.0. The molecule has 15 heavy (non-hydrogen) atoms. The van der Waals surface area contributed by atoms with Gasteiger partial charge in [0, 0.05) is 17.8 Å². The van der Waals surface area contributed by atoms with Crippen LogP contribution in [-0.4, -0.2) is 9.78 Å². The van der Waals surface area contributed by atoms with Gasteiger partial charge in [-0.2, -0.15) is 0 Å². The largest absolute Gasteiger partial charge is 0.300 e. The lowest BCUT2D eigenvalue weighted by Crippen LogP contribution is -2.20. The molecule has 0 fully saturated rings. The highest BCUT2D eigenvalue weighted by atomic mass is 16.1. The third kappa shape index (κ3) is 2.98. The number of aryl methyl sites for hydroxylation is 2. The van der Waals surface area contributed by atoms with Crippen molar-refractivity contribution in [2.75, 3.05) is 0 Å². The van der Waals surface area contributed by atoms with Gasteiger partial charge in [0.15, 0.2) is 0 Å². The van der Waals surface area contributed by atoms with Crippen molar-refractivity contribution < 1.29 is 0 Å². The molecule has 0 unspecified atom stereocenters. The van der Waals surface area contributed by atoms with Gasteiger partial charge in [-0.05, 0) is 25.7 Å². The second kappa shape index (κ2) is 5.19. The van der Waals surface area contributed by atoms with Gasteiger partial charge in [0.25, 0.3) is 5.56 Å². The second-order valence-corrected chi connectivity index (χ2v) is 4.62. The highest BCUT2D eigenvalue weighted by Crippen LogP contribution is 2.07. The van der Waals surface area contributed by atoms with Crippen molar-refractivity contribution in [2.45, 2.75) is 53.5 Å².